The lowest BCUT2D eigenvalue weighted by Gasteiger charge is -2.17. The van der Waals surface area contributed by atoms with Crippen molar-refractivity contribution in [3.8, 4) is 0 Å². The SMILES string of the molecule is Cc1ccc(F)cc1NC(=O)CN1C(=O)C2C3C=CC(C3)C2C1=O. The van der Waals surface area contributed by atoms with E-state index in [2.05, 4.69) is 5.32 Å². The van der Waals surface area contributed by atoms with Crippen molar-refractivity contribution in [2.24, 2.45) is 23.7 Å². The normalized spacial score (nSPS) is 30.2. The van der Waals surface area contributed by atoms with Gasteiger partial charge in [-0.3, -0.25) is 19.3 Å². The molecule has 3 amide bonds. The monoisotopic (exact) mass is 328 g/mol. The molecule has 1 saturated carbocycles. The molecule has 124 valence electrons. The number of halogens is 1. The molecule has 1 saturated heterocycles. The van der Waals surface area contributed by atoms with Gasteiger partial charge in [-0.05, 0) is 42.9 Å². The fraction of sp³-hybridized carbons (Fsp3) is 0.389. The predicted octanol–water partition coefficient (Wildman–Crippen LogP) is 1.88. The second-order valence-corrected chi connectivity index (χ2v) is 6.77. The minimum Gasteiger partial charge on any atom is -0.324 e. The van der Waals surface area contributed by atoms with Crippen LogP contribution in [0, 0.1) is 36.4 Å². The molecular formula is C18H17FN2O3. The summed E-state index contributed by atoms with van der Waals surface area (Å²) < 4.78 is 13.3. The number of nitrogens with one attached hydrogen (secondary N) is 1. The standard InChI is InChI=1S/C18H17FN2O3/c1-9-2-5-12(19)7-13(9)20-14(22)8-21-17(23)15-10-3-4-11(6-10)16(15)18(21)24/h2-5,7,10-11,15-16H,6,8H2,1H3,(H,20,22). The summed E-state index contributed by atoms with van der Waals surface area (Å²) in [7, 11) is 0. The van der Waals surface area contributed by atoms with Crippen molar-refractivity contribution in [2.75, 3.05) is 11.9 Å². The third-order valence-electron chi connectivity index (χ3n) is 5.34. The van der Waals surface area contributed by atoms with Crippen LogP contribution in [0.25, 0.3) is 0 Å². The second kappa shape index (κ2) is 5.26. The highest BCUT2D eigenvalue weighted by Crippen LogP contribution is 2.52. The van der Waals surface area contributed by atoms with Gasteiger partial charge in [0.05, 0.1) is 11.8 Å². The first-order chi connectivity index (χ1) is 11.5. The minimum atomic E-state index is -0.495. The summed E-state index contributed by atoms with van der Waals surface area (Å²) in [5.74, 6) is -1.84. The van der Waals surface area contributed by atoms with Crippen LogP contribution in [0.5, 0.6) is 0 Å². The van der Waals surface area contributed by atoms with E-state index in [9.17, 15) is 18.8 Å². The number of amides is 3. The molecule has 4 rings (SSSR count). The fourth-order valence-electron chi connectivity index (χ4n) is 4.18. The molecule has 1 aromatic rings. The summed E-state index contributed by atoms with van der Waals surface area (Å²) >= 11 is 0. The highest BCUT2D eigenvalue weighted by atomic mass is 19.1. The molecule has 3 aliphatic rings. The van der Waals surface area contributed by atoms with Gasteiger partial charge in [-0.2, -0.15) is 0 Å². The summed E-state index contributed by atoms with van der Waals surface area (Å²) in [6, 6.07) is 4.09. The lowest BCUT2D eigenvalue weighted by Crippen LogP contribution is -2.39. The maximum absolute atomic E-state index is 13.3. The number of carbonyl (C=O) groups excluding carboxylic acids is 3. The molecule has 0 spiro atoms. The first-order valence-corrected chi connectivity index (χ1v) is 8.05. The molecule has 2 bridgehead atoms. The zero-order valence-corrected chi connectivity index (χ0v) is 13.2. The zero-order valence-electron chi connectivity index (χ0n) is 13.2. The van der Waals surface area contributed by atoms with Crippen molar-refractivity contribution < 1.29 is 18.8 Å². The highest BCUT2D eigenvalue weighted by molar-refractivity contribution is 6.09. The Bertz CT molecular complexity index is 758. The number of imide groups is 1. The van der Waals surface area contributed by atoms with Crippen LogP contribution in [0.15, 0.2) is 30.4 Å². The molecule has 1 aliphatic heterocycles. The van der Waals surface area contributed by atoms with Crippen molar-refractivity contribution in [1.82, 2.24) is 4.90 Å². The van der Waals surface area contributed by atoms with E-state index >= 15 is 0 Å². The van der Waals surface area contributed by atoms with Gasteiger partial charge in [0.2, 0.25) is 17.7 Å². The average molecular weight is 328 g/mol. The molecule has 0 radical (unpaired) electrons. The van der Waals surface area contributed by atoms with Crippen LogP contribution in [0.3, 0.4) is 0 Å². The Morgan fingerprint density at radius 3 is 2.46 bits per heavy atom. The Hall–Kier alpha value is -2.50. The average Bonchev–Trinajstić information content (AvgIpc) is 3.21. The van der Waals surface area contributed by atoms with Gasteiger partial charge in [-0.1, -0.05) is 18.2 Å². The third-order valence-corrected chi connectivity index (χ3v) is 5.34. The summed E-state index contributed by atoms with van der Waals surface area (Å²) in [6.45, 7) is 1.43. The van der Waals surface area contributed by atoms with Crippen molar-refractivity contribution in [2.45, 2.75) is 13.3 Å². The van der Waals surface area contributed by atoms with Crippen LogP contribution in [0.1, 0.15) is 12.0 Å². The molecule has 2 fully saturated rings. The third kappa shape index (κ3) is 2.17. The fourth-order valence-corrected chi connectivity index (χ4v) is 4.18. The summed E-state index contributed by atoms with van der Waals surface area (Å²) in [4.78, 5) is 38.3. The van der Waals surface area contributed by atoms with Gasteiger partial charge in [0, 0.05) is 5.69 Å². The van der Waals surface area contributed by atoms with Crippen LogP contribution < -0.4 is 5.32 Å². The number of benzene rings is 1. The number of fused-ring (bicyclic) bond motifs is 5. The minimum absolute atomic E-state index is 0.120. The van der Waals surface area contributed by atoms with Crippen molar-refractivity contribution in [1.29, 1.82) is 0 Å². The van der Waals surface area contributed by atoms with Crippen LogP contribution in [-0.4, -0.2) is 29.2 Å². The maximum Gasteiger partial charge on any atom is 0.244 e. The lowest BCUT2D eigenvalue weighted by atomic mass is 9.85. The number of hydrogen-bond donors (Lipinski definition) is 1. The van der Waals surface area contributed by atoms with E-state index in [1.54, 1.807) is 13.0 Å². The van der Waals surface area contributed by atoms with E-state index in [-0.39, 0.29) is 42.0 Å². The van der Waals surface area contributed by atoms with Crippen molar-refractivity contribution in [3.05, 3.63) is 41.7 Å². The second-order valence-electron chi connectivity index (χ2n) is 6.77. The largest absolute Gasteiger partial charge is 0.324 e. The van der Waals surface area contributed by atoms with Crippen LogP contribution in [0.4, 0.5) is 10.1 Å². The van der Waals surface area contributed by atoms with E-state index < -0.39 is 11.7 Å². The number of aryl methyl sites for hydroxylation is 1. The van der Waals surface area contributed by atoms with Crippen LogP contribution in [0.2, 0.25) is 0 Å². The van der Waals surface area contributed by atoms with Gasteiger partial charge >= 0.3 is 0 Å². The van der Waals surface area contributed by atoms with Gasteiger partial charge in [0.15, 0.2) is 0 Å². The van der Waals surface area contributed by atoms with Crippen LogP contribution >= 0.6 is 0 Å². The first kappa shape index (κ1) is 15.1. The summed E-state index contributed by atoms with van der Waals surface area (Å²) in [6.07, 6.45) is 4.88. The van der Waals surface area contributed by atoms with E-state index in [1.807, 2.05) is 12.2 Å². The number of likely N-dealkylation sites (tertiary alicyclic amines) is 1. The van der Waals surface area contributed by atoms with Gasteiger partial charge in [0.25, 0.3) is 0 Å². The number of carbonyl (C=O) groups is 3. The molecule has 1 N–H and O–H groups in total. The number of nitrogens with zero attached hydrogens (tertiary/aromatic N) is 1. The van der Waals surface area contributed by atoms with Gasteiger partial charge in [-0.15, -0.1) is 0 Å². The first-order valence-electron chi connectivity index (χ1n) is 8.05. The number of rotatable bonds is 3. The van der Waals surface area contributed by atoms with Crippen molar-refractivity contribution >= 4 is 23.4 Å². The summed E-state index contributed by atoms with van der Waals surface area (Å²) in [5.41, 5.74) is 1.06. The van der Waals surface area contributed by atoms with Gasteiger partial charge in [-0.25, -0.2) is 4.39 Å². The lowest BCUT2D eigenvalue weighted by molar-refractivity contribution is -0.143. The van der Waals surface area contributed by atoms with E-state index in [0.717, 1.165) is 11.3 Å². The molecule has 2 aliphatic carbocycles. The van der Waals surface area contributed by atoms with Crippen molar-refractivity contribution in [3.63, 3.8) is 0 Å². The molecule has 4 unspecified atom stereocenters. The van der Waals surface area contributed by atoms with E-state index in [1.165, 1.54) is 12.1 Å². The summed E-state index contributed by atoms with van der Waals surface area (Å²) in [5, 5.41) is 2.58. The topological polar surface area (TPSA) is 66.5 Å². The highest BCUT2D eigenvalue weighted by Gasteiger charge is 2.59. The smallest absolute Gasteiger partial charge is 0.244 e. The van der Waals surface area contributed by atoms with Crippen LogP contribution in [-0.2, 0) is 14.4 Å². The molecule has 24 heavy (non-hydrogen) atoms. The molecular weight excluding hydrogens is 311 g/mol. The molecule has 1 aromatic carbocycles. The quantitative estimate of drug-likeness (QED) is 0.680. The number of hydrogen-bond acceptors (Lipinski definition) is 3. The Morgan fingerprint density at radius 1 is 1.21 bits per heavy atom. The molecule has 5 nitrogen and oxygen atoms in total. The number of allylic oxidation sites excluding steroid dienone is 2. The zero-order chi connectivity index (χ0) is 17.0. The molecule has 1 heterocycles. The number of anilines is 1. The molecule has 6 heteroatoms. The molecule has 4 atom stereocenters. The molecule has 0 aromatic heterocycles. The van der Waals surface area contributed by atoms with E-state index in [0.29, 0.717) is 11.3 Å². The van der Waals surface area contributed by atoms with Gasteiger partial charge < -0.3 is 5.32 Å². The Morgan fingerprint density at radius 2 is 1.83 bits per heavy atom. The Labute approximate surface area is 138 Å². The Kier molecular flexibility index (Phi) is 3.30. The Balaban J connectivity index is 1.48. The van der Waals surface area contributed by atoms with Gasteiger partial charge in [0.1, 0.15) is 12.4 Å². The maximum atomic E-state index is 13.3. The predicted molar refractivity (Wildman–Crippen MR) is 84.2 cm³/mol. The van der Waals surface area contributed by atoms with E-state index in [4.69, 9.17) is 0 Å².